The number of morpholine rings is 1. The second-order valence-corrected chi connectivity index (χ2v) is 9.67. The molecule has 4 rings (SSSR count). The number of hydrogen-bond acceptors (Lipinski definition) is 7. The van der Waals surface area contributed by atoms with Crippen LogP contribution >= 0.6 is 11.8 Å². The van der Waals surface area contributed by atoms with Gasteiger partial charge in [0, 0.05) is 48.9 Å². The number of imidazole rings is 1. The largest absolute Gasteiger partial charge is 0.379 e. The van der Waals surface area contributed by atoms with Crippen LogP contribution in [0.25, 0.3) is 11.0 Å². The van der Waals surface area contributed by atoms with Crippen LogP contribution in [0.1, 0.15) is 46.8 Å². The Morgan fingerprint density at radius 2 is 1.94 bits per heavy atom. The molecule has 11 heteroatoms. The second kappa shape index (κ2) is 11.2. The summed E-state index contributed by atoms with van der Waals surface area (Å²) in [5.74, 6) is 0.535. The van der Waals surface area contributed by atoms with E-state index in [2.05, 4.69) is 22.2 Å². The zero-order valence-corrected chi connectivity index (χ0v) is 21.4. The number of thioether (sulfide) groups is 1. The minimum absolute atomic E-state index is 0.267. The van der Waals surface area contributed by atoms with Gasteiger partial charge in [-0.15, -0.1) is 11.8 Å². The second-order valence-electron chi connectivity index (χ2n) is 8.54. The smallest absolute Gasteiger partial charge is 0.276 e. The van der Waals surface area contributed by atoms with Crippen molar-refractivity contribution in [2.24, 2.45) is 5.73 Å². The molecule has 0 saturated carbocycles. The third-order valence-corrected chi connectivity index (χ3v) is 6.98. The Labute approximate surface area is 209 Å². The van der Waals surface area contributed by atoms with Gasteiger partial charge in [0.15, 0.2) is 0 Å². The van der Waals surface area contributed by atoms with E-state index >= 15 is 0 Å². The van der Waals surface area contributed by atoms with Crippen LogP contribution in [0.4, 0.5) is 5.95 Å². The van der Waals surface area contributed by atoms with Crippen molar-refractivity contribution in [2.75, 3.05) is 43.9 Å². The van der Waals surface area contributed by atoms with Crippen LogP contribution in [0.15, 0.2) is 23.1 Å². The van der Waals surface area contributed by atoms with E-state index in [1.807, 2.05) is 24.5 Å². The zero-order valence-electron chi connectivity index (χ0n) is 20.5. The Hall–Kier alpha value is -2.89. The molecular formula is C24H33N7O3S. The van der Waals surface area contributed by atoms with Crippen LogP contribution < -0.4 is 11.1 Å². The van der Waals surface area contributed by atoms with Crippen LogP contribution in [0.2, 0.25) is 0 Å². The summed E-state index contributed by atoms with van der Waals surface area (Å²) in [6.07, 6.45) is 0.857. The number of hydrogen-bond donors (Lipinski definition) is 2. The van der Waals surface area contributed by atoms with Crippen molar-refractivity contribution in [1.29, 1.82) is 0 Å². The number of carbonyl (C=O) groups excluding carboxylic acids is 2. The third-order valence-electron chi connectivity index (χ3n) is 5.97. The predicted molar refractivity (Wildman–Crippen MR) is 137 cm³/mol. The van der Waals surface area contributed by atoms with E-state index in [1.54, 1.807) is 28.6 Å². The molecule has 2 aromatic heterocycles. The SMILES string of the molecule is CCCn1c(NC(=O)c2cc(C)nn2CC)nc2cc(C(N)=O)cc(SCCN3CCOCC3)c21. The van der Waals surface area contributed by atoms with Gasteiger partial charge in [-0.05, 0) is 38.5 Å². The topological polar surface area (TPSA) is 120 Å². The maximum atomic E-state index is 13.1. The number of ether oxygens (including phenoxy) is 1. The van der Waals surface area contributed by atoms with Crippen molar-refractivity contribution in [3.63, 3.8) is 0 Å². The number of nitrogens with one attached hydrogen (secondary N) is 1. The molecule has 3 aromatic rings. The van der Waals surface area contributed by atoms with Crippen molar-refractivity contribution in [2.45, 2.75) is 45.2 Å². The Morgan fingerprint density at radius 3 is 2.63 bits per heavy atom. The van der Waals surface area contributed by atoms with E-state index in [-0.39, 0.29) is 5.91 Å². The molecule has 1 aromatic carbocycles. The van der Waals surface area contributed by atoms with Gasteiger partial charge in [-0.2, -0.15) is 5.10 Å². The van der Waals surface area contributed by atoms with Gasteiger partial charge in [0.25, 0.3) is 5.91 Å². The monoisotopic (exact) mass is 499 g/mol. The summed E-state index contributed by atoms with van der Waals surface area (Å²) in [4.78, 5) is 33.2. The van der Waals surface area contributed by atoms with E-state index in [0.29, 0.717) is 35.8 Å². The number of primary amides is 1. The lowest BCUT2D eigenvalue weighted by Crippen LogP contribution is -2.37. The molecule has 0 bridgehead atoms. The molecule has 1 aliphatic rings. The molecular weight excluding hydrogens is 466 g/mol. The highest BCUT2D eigenvalue weighted by molar-refractivity contribution is 7.99. The number of anilines is 1. The van der Waals surface area contributed by atoms with E-state index in [1.165, 1.54) is 0 Å². The first kappa shape index (κ1) is 25.2. The van der Waals surface area contributed by atoms with Gasteiger partial charge in [-0.25, -0.2) is 4.98 Å². The molecule has 1 fully saturated rings. The van der Waals surface area contributed by atoms with Gasteiger partial charge in [0.1, 0.15) is 5.69 Å². The van der Waals surface area contributed by atoms with Crippen molar-refractivity contribution < 1.29 is 14.3 Å². The molecule has 0 radical (unpaired) electrons. The first-order chi connectivity index (χ1) is 16.9. The maximum Gasteiger partial charge on any atom is 0.276 e. The van der Waals surface area contributed by atoms with Crippen LogP contribution in [-0.4, -0.2) is 74.6 Å². The molecule has 35 heavy (non-hydrogen) atoms. The lowest BCUT2D eigenvalue weighted by molar-refractivity contribution is 0.0410. The van der Waals surface area contributed by atoms with Crippen molar-refractivity contribution in [1.82, 2.24) is 24.2 Å². The van der Waals surface area contributed by atoms with Crippen molar-refractivity contribution in [3.8, 4) is 0 Å². The molecule has 10 nitrogen and oxygen atoms in total. The van der Waals surface area contributed by atoms with Crippen LogP contribution in [-0.2, 0) is 17.8 Å². The summed E-state index contributed by atoms with van der Waals surface area (Å²) in [7, 11) is 0. The summed E-state index contributed by atoms with van der Waals surface area (Å²) >= 11 is 1.68. The van der Waals surface area contributed by atoms with Crippen molar-refractivity contribution >= 4 is 40.6 Å². The van der Waals surface area contributed by atoms with Crippen LogP contribution in [0, 0.1) is 6.92 Å². The number of nitrogens with two attached hydrogens (primary N) is 1. The molecule has 188 valence electrons. The Bertz CT molecular complexity index is 1210. The normalized spacial score (nSPS) is 14.5. The van der Waals surface area contributed by atoms with E-state index in [9.17, 15) is 9.59 Å². The third kappa shape index (κ3) is 5.68. The first-order valence-electron chi connectivity index (χ1n) is 12.0. The summed E-state index contributed by atoms with van der Waals surface area (Å²) in [6, 6.07) is 5.30. The molecule has 2 amide bonds. The minimum Gasteiger partial charge on any atom is -0.379 e. The molecule has 3 heterocycles. The van der Waals surface area contributed by atoms with E-state index < -0.39 is 5.91 Å². The quantitative estimate of drug-likeness (QED) is 0.412. The molecule has 1 saturated heterocycles. The molecule has 1 aliphatic heterocycles. The summed E-state index contributed by atoms with van der Waals surface area (Å²) < 4.78 is 9.14. The fraction of sp³-hybridized carbons (Fsp3) is 0.500. The average Bonchev–Trinajstić information content (AvgIpc) is 3.39. The fourth-order valence-electron chi connectivity index (χ4n) is 4.26. The number of aryl methyl sites for hydroxylation is 3. The number of aromatic nitrogens is 4. The summed E-state index contributed by atoms with van der Waals surface area (Å²) in [6.45, 7) is 11.4. The highest BCUT2D eigenvalue weighted by Crippen LogP contribution is 2.32. The predicted octanol–water partition coefficient (Wildman–Crippen LogP) is 2.75. The van der Waals surface area contributed by atoms with Gasteiger partial charge in [-0.1, -0.05) is 6.92 Å². The minimum atomic E-state index is -0.500. The summed E-state index contributed by atoms with van der Waals surface area (Å²) in [5, 5.41) is 7.35. The molecule has 0 atom stereocenters. The standard InChI is InChI=1S/C24H33N7O3S/c1-4-6-30-21-18(26-24(30)27-23(33)19-13-16(3)28-31(19)5-2)14-17(22(25)32)15-20(21)35-12-9-29-7-10-34-11-8-29/h13-15H,4-12H2,1-3H3,(H2,25,32)(H,26,27,33). The number of benzene rings is 1. The molecule has 0 aliphatic carbocycles. The molecule has 0 spiro atoms. The Kier molecular flexibility index (Phi) is 8.09. The van der Waals surface area contributed by atoms with Gasteiger partial charge in [-0.3, -0.25) is 24.5 Å². The number of fused-ring (bicyclic) bond motifs is 1. The lowest BCUT2D eigenvalue weighted by atomic mass is 10.2. The Morgan fingerprint density at radius 1 is 1.17 bits per heavy atom. The van der Waals surface area contributed by atoms with Crippen LogP contribution in [0.3, 0.4) is 0 Å². The fourth-order valence-corrected chi connectivity index (χ4v) is 5.39. The van der Waals surface area contributed by atoms with Crippen LogP contribution in [0.5, 0.6) is 0 Å². The van der Waals surface area contributed by atoms with Gasteiger partial charge in [0.2, 0.25) is 11.9 Å². The van der Waals surface area contributed by atoms with Crippen molar-refractivity contribution in [3.05, 3.63) is 35.2 Å². The Balaban J connectivity index is 1.67. The van der Waals surface area contributed by atoms with Gasteiger partial charge in [0.05, 0.1) is 29.9 Å². The van der Waals surface area contributed by atoms with E-state index in [0.717, 1.165) is 61.1 Å². The van der Waals surface area contributed by atoms with E-state index in [4.69, 9.17) is 15.5 Å². The summed E-state index contributed by atoms with van der Waals surface area (Å²) in [5.41, 5.74) is 8.84. The average molecular weight is 500 g/mol. The number of carbonyl (C=O) groups is 2. The number of rotatable bonds is 10. The zero-order chi connectivity index (χ0) is 24.9. The highest BCUT2D eigenvalue weighted by Gasteiger charge is 2.21. The maximum absolute atomic E-state index is 13.1. The lowest BCUT2D eigenvalue weighted by Gasteiger charge is -2.26. The van der Waals surface area contributed by atoms with Gasteiger partial charge < -0.3 is 15.0 Å². The molecule has 0 unspecified atom stereocenters. The highest BCUT2D eigenvalue weighted by atomic mass is 32.2. The number of nitrogens with zero attached hydrogens (tertiary/aromatic N) is 5. The molecule has 3 N–H and O–H groups in total. The van der Waals surface area contributed by atoms with Gasteiger partial charge >= 0.3 is 0 Å². The first-order valence-corrected chi connectivity index (χ1v) is 13.0. The number of amides is 2.